The van der Waals surface area contributed by atoms with Crippen molar-refractivity contribution in [1.82, 2.24) is 9.88 Å². The number of pyridine rings is 1. The summed E-state index contributed by atoms with van der Waals surface area (Å²) in [6.45, 7) is -0.142. The second kappa shape index (κ2) is 7.92. The van der Waals surface area contributed by atoms with E-state index in [-0.39, 0.29) is 19.1 Å². The van der Waals surface area contributed by atoms with Crippen molar-refractivity contribution in [3.63, 3.8) is 0 Å². The van der Waals surface area contributed by atoms with Gasteiger partial charge in [-0.25, -0.2) is 0 Å². The lowest BCUT2D eigenvalue weighted by Gasteiger charge is -2.15. The van der Waals surface area contributed by atoms with Gasteiger partial charge in [-0.15, -0.1) is 0 Å². The van der Waals surface area contributed by atoms with Gasteiger partial charge in [-0.05, 0) is 6.07 Å². The predicted molar refractivity (Wildman–Crippen MR) is 71.8 cm³/mol. The van der Waals surface area contributed by atoms with Gasteiger partial charge in [0, 0.05) is 31.4 Å². The number of esters is 1. The minimum atomic E-state index is -0.493. The van der Waals surface area contributed by atoms with Gasteiger partial charge < -0.3 is 14.7 Å². The third-order valence-corrected chi connectivity index (χ3v) is 2.40. The van der Waals surface area contributed by atoms with Gasteiger partial charge in [-0.2, -0.15) is 0 Å². The average molecular weight is 276 g/mol. The first kappa shape index (κ1) is 15.7. The number of rotatable bonds is 4. The zero-order chi connectivity index (χ0) is 15.0. The van der Waals surface area contributed by atoms with Crippen LogP contribution in [0, 0.1) is 11.8 Å². The van der Waals surface area contributed by atoms with Crippen LogP contribution in [0.1, 0.15) is 22.3 Å². The highest BCUT2D eigenvalue weighted by atomic mass is 16.5. The molecule has 0 aliphatic heterocycles. The van der Waals surface area contributed by atoms with E-state index < -0.39 is 5.97 Å². The van der Waals surface area contributed by atoms with Gasteiger partial charge in [0.1, 0.15) is 6.54 Å². The molecule has 0 fully saturated rings. The number of carbonyl (C=O) groups is 2. The van der Waals surface area contributed by atoms with E-state index in [0.29, 0.717) is 17.5 Å². The third kappa shape index (κ3) is 4.71. The highest BCUT2D eigenvalue weighted by Crippen LogP contribution is 2.05. The number of methoxy groups -OCH3 is 1. The summed E-state index contributed by atoms with van der Waals surface area (Å²) in [6.07, 6.45) is 3.30. The normalized spacial score (nSPS) is 9.35. The number of ether oxygens (including phenoxy) is 1. The van der Waals surface area contributed by atoms with E-state index in [4.69, 9.17) is 5.11 Å². The molecule has 6 heteroatoms. The van der Waals surface area contributed by atoms with Crippen molar-refractivity contribution < 1.29 is 19.4 Å². The van der Waals surface area contributed by atoms with Crippen molar-refractivity contribution in [2.45, 2.75) is 6.42 Å². The topological polar surface area (TPSA) is 79.7 Å². The van der Waals surface area contributed by atoms with Crippen molar-refractivity contribution in [3.05, 3.63) is 29.6 Å². The zero-order valence-corrected chi connectivity index (χ0v) is 11.4. The molecule has 1 N–H and O–H groups in total. The Balaban J connectivity index is 2.81. The summed E-state index contributed by atoms with van der Waals surface area (Å²) in [7, 11) is 2.77. The van der Waals surface area contributed by atoms with Gasteiger partial charge in [-0.3, -0.25) is 14.6 Å². The van der Waals surface area contributed by atoms with Gasteiger partial charge in [0.05, 0.1) is 19.3 Å². The van der Waals surface area contributed by atoms with E-state index in [1.165, 1.54) is 31.5 Å². The lowest BCUT2D eigenvalue weighted by molar-refractivity contribution is -0.141. The summed E-state index contributed by atoms with van der Waals surface area (Å²) in [6, 6.07) is 1.59. The van der Waals surface area contributed by atoms with Crippen molar-refractivity contribution in [1.29, 1.82) is 0 Å². The molecule has 0 bridgehead atoms. The first-order valence-electron chi connectivity index (χ1n) is 5.95. The molecule has 0 unspecified atom stereocenters. The quantitative estimate of drug-likeness (QED) is 0.621. The molecule has 0 aromatic carbocycles. The number of carbonyl (C=O) groups excluding carboxylic acids is 2. The van der Waals surface area contributed by atoms with E-state index in [2.05, 4.69) is 21.6 Å². The van der Waals surface area contributed by atoms with Gasteiger partial charge >= 0.3 is 5.97 Å². The molecule has 0 saturated heterocycles. The molecule has 0 saturated carbocycles. The second-order valence-corrected chi connectivity index (χ2v) is 3.98. The van der Waals surface area contributed by atoms with E-state index in [1.807, 2.05) is 0 Å². The van der Waals surface area contributed by atoms with Crippen LogP contribution in [0.2, 0.25) is 0 Å². The highest BCUT2D eigenvalue weighted by Gasteiger charge is 2.15. The molecule has 1 rings (SSSR count). The Kier molecular flexibility index (Phi) is 6.20. The fourth-order valence-electron chi connectivity index (χ4n) is 1.40. The summed E-state index contributed by atoms with van der Waals surface area (Å²) in [5, 5.41) is 8.64. The molecule has 106 valence electrons. The fourth-order valence-corrected chi connectivity index (χ4v) is 1.40. The number of nitrogens with zero attached hydrogens (tertiary/aromatic N) is 2. The maximum absolute atomic E-state index is 12.1. The largest absolute Gasteiger partial charge is 0.468 e. The van der Waals surface area contributed by atoms with Crippen molar-refractivity contribution in [3.8, 4) is 11.8 Å². The molecule has 1 aromatic heterocycles. The van der Waals surface area contributed by atoms with Crippen LogP contribution < -0.4 is 0 Å². The van der Waals surface area contributed by atoms with Gasteiger partial charge in [0.25, 0.3) is 5.91 Å². The Morgan fingerprint density at radius 1 is 1.45 bits per heavy atom. The monoisotopic (exact) mass is 276 g/mol. The lowest BCUT2D eigenvalue weighted by atomic mass is 10.2. The van der Waals surface area contributed by atoms with E-state index >= 15 is 0 Å². The average Bonchev–Trinajstić information content (AvgIpc) is 2.46. The maximum Gasteiger partial charge on any atom is 0.325 e. The summed E-state index contributed by atoms with van der Waals surface area (Å²) in [5.74, 6) is 4.71. The standard InChI is InChI=1S/C14H16N2O4/c1-16(10-13(18)20-2)14(19)12-7-11(8-15-9-12)5-3-4-6-17/h7-9,17H,4,6,10H2,1-2H3. The van der Waals surface area contributed by atoms with Crippen LogP contribution in [-0.2, 0) is 9.53 Å². The van der Waals surface area contributed by atoms with Crippen LogP contribution in [0.5, 0.6) is 0 Å². The van der Waals surface area contributed by atoms with Crippen molar-refractivity contribution in [2.24, 2.45) is 0 Å². The Morgan fingerprint density at radius 3 is 2.85 bits per heavy atom. The third-order valence-electron chi connectivity index (χ3n) is 2.40. The van der Waals surface area contributed by atoms with E-state index in [9.17, 15) is 9.59 Å². The van der Waals surface area contributed by atoms with E-state index in [1.54, 1.807) is 6.07 Å². The molecule has 20 heavy (non-hydrogen) atoms. The first-order chi connectivity index (χ1) is 9.58. The van der Waals surface area contributed by atoms with Crippen LogP contribution in [0.4, 0.5) is 0 Å². The van der Waals surface area contributed by atoms with Gasteiger partial charge in [-0.1, -0.05) is 11.8 Å². The SMILES string of the molecule is COC(=O)CN(C)C(=O)c1cncc(C#CCCO)c1. The molecule has 1 amide bonds. The zero-order valence-electron chi connectivity index (χ0n) is 11.4. The van der Waals surface area contributed by atoms with Crippen molar-refractivity contribution >= 4 is 11.9 Å². The number of aliphatic hydroxyl groups excluding tert-OH is 1. The fraction of sp³-hybridized carbons (Fsp3) is 0.357. The minimum absolute atomic E-state index is 0.0130. The molecule has 0 spiro atoms. The van der Waals surface area contributed by atoms with Gasteiger partial charge in [0.15, 0.2) is 0 Å². The Morgan fingerprint density at radius 2 is 2.20 bits per heavy atom. The first-order valence-corrected chi connectivity index (χ1v) is 5.95. The second-order valence-electron chi connectivity index (χ2n) is 3.98. The number of aliphatic hydroxyl groups is 1. The molecule has 1 aromatic rings. The number of amides is 1. The van der Waals surface area contributed by atoms with Crippen molar-refractivity contribution in [2.75, 3.05) is 27.3 Å². The highest BCUT2D eigenvalue weighted by molar-refractivity contribution is 5.95. The molecule has 0 radical (unpaired) electrons. The molecule has 6 nitrogen and oxygen atoms in total. The molecular formula is C14H16N2O4. The Hall–Kier alpha value is -2.39. The molecule has 0 atom stereocenters. The molecular weight excluding hydrogens is 260 g/mol. The minimum Gasteiger partial charge on any atom is -0.468 e. The lowest BCUT2D eigenvalue weighted by Crippen LogP contribution is -2.32. The number of hydrogen-bond donors (Lipinski definition) is 1. The van der Waals surface area contributed by atoms with Crippen LogP contribution in [0.25, 0.3) is 0 Å². The summed E-state index contributed by atoms with van der Waals surface area (Å²) in [5.41, 5.74) is 0.919. The Bertz CT molecular complexity index is 546. The van der Waals surface area contributed by atoms with Crippen LogP contribution >= 0.6 is 0 Å². The summed E-state index contributed by atoms with van der Waals surface area (Å²) < 4.78 is 4.50. The van der Waals surface area contributed by atoms with E-state index in [0.717, 1.165) is 0 Å². The maximum atomic E-state index is 12.1. The molecule has 1 heterocycles. The number of likely N-dealkylation sites (N-methyl/N-ethyl adjacent to an activating group) is 1. The van der Waals surface area contributed by atoms with Crippen LogP contribution in [0.3, 0.4) is 0 Å². The van der Waals surface area contributed by atoms with Gasteiger partial charge in [0.2, 0.25) is 0 Å². The number of hydrogen-bond acceptors (Lipinski definition) is 5. The molecule has 0 aliphatic carbocycles. The Labute approximate surface area is 117 Å². The predicted octanol–water partition coefficient (Wildman–Crippen LogP) is 0.0605. The van der Waals surface area contributed by atoms with Crippen LogP contribution in [-0.4, -0.2) is 54.2 Å². The number of aromatic nitrogens is 1. The summed E-state index contributed by atoms with van der Waals surface area (Å²) in [4.78, 5) is 28.4. The summed E-state index contributed by atoms with van der Waals surface area (Å²) >= 11 is 0. The molecule has 0 aliphatic rings. The smallest absolute Gasteiger partial charge is 0.325 e. The van der Waals surface area contributed by atoms with Crippen LogP contribution in [0.15, 0.2) is 18.5 Å².